The average Bonchev–Trinajstić information content (AvgIpc) is 2.96. The normalized spacial score (nSPS) is 23.7. The number of anilines is 1. The van der Waals surface area contributed by atoms with Gasteiger partial charge in [-0.2, -0.15) is 0 Å². The fraction of sp³-hybridized carbons (Fsp3) is 0.200. The van der Waals surface area contributed by atoms with Crippen molar-refractivity contribution in [2.75, 3.05) is 4.90 Å². The molecule has 0 saturated carbocycles. The van der Waals surface area contributed by atoms with E-state index in [0.717, 1.165) is 6.42 Å². The highest BCUT2D eigenvalue weighted by atomic mass is 32.2. The van der Waals surface area contributed by atoms with E-state index in [9.17, 15) is 9.90 Å². The summed E-state index contributed by atoms with van der Waals surface area (Å²) < 4.78 is 6.06. The number of allylic oxidation sites excluding steroid dienone is 1. The van der Waals surface area contributed by atoms with Crippen LogP contribution in [-0.4, -0.2) is 21.4 Å². The van der Waals surface area contributed by atoms with Crippen LogP contribution in [0.3, 0.4) is 0 Å². The number of amides is 1. The van der Waals surface area contributed by atoms with Gasteiger partial charge in [-0.3, -0.25) is 9.69 Å². The molecule has 1 aromatic carbocycles. The minimum atomic E-state index is -0.167. The molecule has 1 atom stereocenters. The van der Waals surface area contributed by atoms with Gasteiger partial charge in [-0.05, 0) is 43.3 Å². The van der Waals surface area contributed by atoms with Crippen molar-refractivity contribution >= 4 is 39.9 Å². The molecule has 2 aliphatic heterocycles. The maximum atomic E-state index is 12.5. The summed E-state index contributed by atoms with van der Waals surface area (Å²) in [6, 6.07) is 6.39. The van der Waals surface area contributed by atoms with E-state index in [2.05, 4.69) is 0 Å². The monoisotopic (exact) mass is 319 g/mol. The summed E-state index contributed by atoms with van der Waals surface area (Å²) in [5.74, 6) is 0.701. The molecule has 0 aromatic heterocycles. The van der Waals surface area contributed by atoms with Gasteiger partial charge in [0.1, 0.15) is 11.5 Å². The van der Waals surface area contributed by atoms with E-state index in [1.165, 1.54) is 28.8 Å². The molecule has 1 amide bonds. The highest BCUT2D eigenvalue weighted by Gasteiger charge is 2.33. The summed E-state index contributed by atoms with van der Waals surface area (Å²) in [4.78, 5) is 14.5. The average molecular weight is 319 g/mol. The SMILES string of the molecule is CC1CC=C(/C=C2\SC(=S)N(c3ccc(O)cc3)C2=O)O1. The molecule has 0 bridgehead atoms. The van der Waals surface area contributed by atoms with Crippen molar-refractivity contribution in [2.24, 2.45) is 0 Å². The first-order valence-corrected chi connectivity index (χ1v) is 7.71. The summed E-state index contributed by atoms with van der Waals surface area (Å²) in [6.07, 6.45) is 4.71. The number of phenols is 1. The van der Waals surface area contributed by atoms with Gasteiger partial charge < -0.3 is 9.84 Å². The van der Waals surface area contributed by atoms with Crippen molar-refractivity contribution < 1.29 is 14.6 Å². The Balaban J connectivity index is 1.85. The van der Waals surface area contributed by atoms with Gasteiger partial charge in [0, 0.05) is 6.42 Å². The molecule has 2 aliphatic rings. The molecule has 4 nitrogen and oxygen atoms in total. The molecule has 3 rings (SSSR count). The van der Waals surface area contributed by atoms with E-state index in [1.807, 2.05) is 13.0 Å². The first-order chi connectivity index (χ1) is 10.0. The number of aromatic hydroxyl groups is 1. The molecule has 108 valence electrons. The summed E-state index contributed by atoms with van der Waals surface area (Å²) >= 11 is 6.53. The molecule has 0 radical (unpaired) electrons. The van der Waals surface area contributed by atoms with E-state index in [0.29, 0.717) is 20.7 Å². The first-order valence-electron chi connectivity index (χ1n) is 6.48. The molecule has 1 fully saturated rings. The molecule has 21 heavy (non-hydrogen) atoms. The molecule has 0 spiro atoms. The number of benzene rings is 1. The maximum absolute atomic E-state index is 12.5. The van der Waals surface area contributed by atoms with Gasteiger partial charge in [0.15, 0.2) is 4.32 Å². The number of carbonyl (C=O) groups is 1. The van der Waals surface area contributed by atoms with Crippen LogP contribution in [0.4, 0.5) is 5.69 Å². The summed E-state index contributed by atoms with van der Waals surface area (Å²) in [6.45, 7) is 1.99. The number of hydrogen-bond acceptors (Lipinski definition) is 5. The third-order valence-corrected chi connectivity index (χ3v) is 4.47. The predicted octanol–water partition coefficient (Wildman–Crippen LogP) is 3.33. The lowest BCUT2D eigenvalue weighted by Crippen LogP contribution is -2.27. The van der Waals surface area contributed by atoms with Crippen LogP contribution in [-0.2, 0) is 9.53 Å². The third kappa shape index (κ3) is 2.82. The van der Waals surface area contributed by atoms with Gasteiger partial charge in [0.05, 0.1) is 16.7 Å². The molecular weight excluding hydrogens is 306 g/mol. The van der Waals surface area contributed by atoms with Crippen LogP contribution in [0.25, 0.3) is 0 Å². The minimum absolute atomic E-state index is 0.151. The number of ether oxygens (including phenoxy) is 1. The van der Waals surface area contributed by atoms with Crippen molar-refractivity contribution in [3.8, 4) is 5.75 Å². The number of phenolic OH excluding ortho intramolecular Hbond substituents is 1. The van der Waals surface area contributed by atoms with Gasteiger partial charge >= 0.3 is 0 Å². The standard InChI is InChI=1S/C15H13NO3S2/c1-9-2-7-12(19-9)8-13-14(18)16(15(20)21-13)10-3-5-11(17)6-4-10/h3-9,17H,2H2,1H3/b13-8-. The zero-order chi connectivity index (χ0) is 15.0. The Kier molecular flexibility index (Phi) is 3.73. The molecule has 1 unspecified atom stereocenters. The highest BCUT2D eigenvalue weighted by Crippen LogP contribution is 2.36. The molecule has 6 heteroatoms. The Morgan fingerprint density at radius 3 is 2.76 bits per heavy atom. The Morgan fingerprint density at radius 2 is 2.14 bits per heavy atom. The lowest BCUT2D eigenvalue weighted by Gasteiger charge is -2.14. The van der Waals surface area contributed by atoms with Crippen molar-refractivity contribution in [1.29, 1.82) is 0 Å². The smallest absolute Gasteiger partial charge is 0.270 e. The van der Waals surface area contributed by atoms with E-state index in [1.54, 1.807) is 18.2 Å². The zero-order valence-electron chi connectivity index (χ0n) is 11.3. The molecule has 0 aliphatic carbocycles. The third-order valence-electron chi connectivity index (χ3n) is 3.16. The van der Waals surface area contributed by atoms with Crippen LogP contribution in [0.1, 0.15) is 13.3 Å². The predicted molar refractivity (Wildman–Crippen MR) is 87.1 cm³/mol. The largest absolute Gasteiger partial charge is 0.508 e. The van der Waals surface area contributed by atoms with Gasteiger partial charge in [0.2, 0.25) is 0 Å². The van der Waals surface area contributed by atoms with E-state index < -0.39 is 0 Å². The molecule has 1 N–H and O–H groups in total. The number of thioether (sulfide) groups is 1. The molecule has 2 heterocycles. The molecule has 1 aromatic rings. The summed E-state index contributed by atoms with van der Waals surface area (Å²) in [5, 5.41) is 9.32. The van der Waals surface area contributed by atoms with Gasteiger partial charge in [-0.1, -0.05) is 24.0 Å². The topological polar surface area (TPSA) is 49.8 Å². The summed E-state index contributed by atoms with van der Waals surface area (Å²) in [5.41, 5.74) is 0.647. The molecule has 1 saturated heterocycles. The van der Waals surface area contributed by atoms with Crippen molar-refractivity contribution in [3.63, 3.8) is 0 Å². The van der Waals surface area contributed by atoms with Crippen LogP contribution < -0.4 is 4.90 Å². The Hall–Kier alpha value is -1.79. The van der Waals surface area contributed by atoms with Crippen LogP contribution >= 0.6 is 24.0 Å². The number of nitrogens with zero attached hydrogens (tertiary/aromatic N) is 1. The van der Waals surface area contributed by atoms with E-state index >= 15 is 0 Å². The van der Waals surface area contributed by atoms with Gasteiger partial charge in [-0.15, -0.1) is 0 Å². The van der Waals surface area contributed by atoms with E-state index in [4.69, 9.17) is 17.0 Å². The van der Waals surface area contributed by atoms with Crippen LogP contribution in [0.2, 0.25) is 0 Å². The van der Waals surface area contributed by atoms with Gasteiger partial charge in [-0.25, -0.2) is 0 Å². The quantitative estimate of drug-likeness (QED) is 0.669. The number of hydrogen-bond donors (Lipinski definition) is 1. The minimum Gasteiger partial charge on any atom is -0.508 e. The zero-order valence-corrected chi connectivity index (χ0v) is 12.9. The van der Waals surface area contributed by atoms with Crippen molar-refractivity contribution in [3.05, 3.63) is 47.1 Å². The van der Waals surface area contributed by atoms with Crippen LogP contribution in [0, 0.1) is 0 Å². The summed E-state index contributed by atoms with van der Waals surface area (Å²) in [7, 11) is 0. The maximum Gasteiger partial charge on any atom is 0.270 e. The number of carbonyl (C=O) groups excluding carboxylic acids is 1. The lowest BCUT2D eigenvalue weighted by molar-refractivity contribution is -0.113. The second kappa shape index (κ2) is 5.54. The lowest BCUT2D eigenvalue weighted by atomic mass is 10.2. The second-order valence-corrected chi connectivity index (χ2v) is 6.48. The fourth-order valence-electron chi connectivity index (χ4n) is 2.12. The van der Waals surface area contributed by atoms with Crippen molar-refractivity contribution in [2.45, 2.75) is 19.4 Å². The van der Waals surface area contributed by atoms with Crippen molar-refractivity contribution in [1.82, 2.24) is 0 Å². The number of thiocarbonyl (C=S) groups is 1. The first kappa shape index (κ1) is 14.2. The second-order valence-electron chi connectivity index (χ2n) is 4.80. The molecular formula is C15H13NO3S2. The highest BCUT2D eigenvalue weighted by molar-refractivity contribution is 8.27. The Morgan fingerprint density at radius 1 is 1.43 bits per heavy atom. The van der Waals surface area contributed by atoms with Crippen LogP contribution in [0.15, 0.2) is 47.1 Å². The fourth-order valence-corrected chi connectivity index (χ4v) is 3.40. The number of rotatable bonds is 2. The Bertz CT molecular complexity index is 664. The van der Waals surface area contributed by atoms with E-state index in [-0.39, 0.29) is 17.8 Å². The van der Waals surface area contributed by atoms with Crippen LogP contribution in [0.5, 0.6) is 5.75 Å². The Labute approximate surface area is 132 Å². The van der Waals surface area contributed by atoms with Gasteiger partial charge in [0.25, 0.3) is 5.91 Å².